The molecule has 0 saturated heterocycles. The van der Waals surface area contributed by atoms with Crippen molar-refractivity contribution in [3.05, 3.63) is 0 Å². The number of Topliss-reactive ketones (excluding diaryl/α,β-unsaturated/α-hetero) is 1. The number of unbranched alkanes of at least 4 members (excludes halogenated alkanes) is 2. The molecule has 0 fully saturated rings. The van der Waals surface area contributed by atoms with Gasteiger partial charge in [-0.15, -0.1) is 0 Å². The first kappa shape index (κ1) is 10.3. The summed E-state index contributed by atoms with van der Waals surface area (Å²) in [6, 6.07) is 0. The molecule has 2 nitrogen and oxygen atoms in total. The fourth-order valence-electron chi connectivity index (χ4n) is 0.917. The van der Waals surface area contributed by atoms with Crippen molar-refractivity contribution in [2.24, 2.45) is 0 Å². The Hall–Kier alpha value is -0.660. The molecule has 64 valence electrons. The van der Waals surface area contributed by atoms with Gasteiger partial charge in [0.05, 0.1) is 0 Å². The van der Waals surface area contributed by atoms with Crippen LogP contribution in [-0.2, 0) is 9.59 Å². The lowest BCUT2D eigenvalue weighted by molar-refractivity contribution is -0.120. The van der Waals surface area contributed by atoms with Crippen LogP contribution in [0.25, 0.3) is 0 Å². The molecule has 0 amide bonds. The van der Waals surface area contributed by atoms with Gasteiger partial charge < -0.3 is 4.79 Å². The average Bonchev–Trinajstić information content (AvgIpc) is 2.01. The van der Waals surface area contributed by atoms with E-state index in [4.69, 9.17) is 0 Å². The third kappa shape index (κ3) is 7.23. The predicted octanol–water partition coefficient (Wildman–Crippen LogP) is 2.11. The van der Waals surface area contributed by atoms with E-state index in [1.165, 1.54) is 0 Å². The molecule has 0 saturated carbocycles. The Morgan fingerprint density at radius 1 is 1.27 bits per heavy atom. The van der Waals surface area contributed by atoms with Gasteiger partial charge in [-0.25, -0.2) is 0 Å². The Bertz CT molecular complexity index is 119. The van der Waals surface area contributed by atoms with Crippen LogP contribution in [0, 0.1) is 0 Å². The van der Waals surface area contributed by atoms with Gasteiger partial charge in [0, 0.05) is 19.3 Å². The van der Waals surface area contributed by atoms with Crippen LogP contribution in [0.3, 0.4) is 0 Å². The molecule has 0 aliphatic rings. The highest BCUT2D eigenvalue weighted by molar-refractivity contribution is 5.80. The smallest absolute Gasteiger partial charge is 0.133 e. The summed E-state index contributed by atoms with van der Waals surface area (Å²) in [5.41, 5.74) is 0. The quantitative estimate of drug-likeness (QED) is 0.418. The first-order valence-electron chi connectivity index (χ1n) is 4.26. The fourth-order valence-corrected chi connectivity index (χ4v) is 0.917. The van der Waals surface area contributed by atoms with Crippen LogP contribution in [0.1, 0.15) is 45.4 Å². The summed E-state index contributed by atoms with van der Waals surface area (Å²) in [7, 11) is 0. The molecule has 0 radical (unpaired) electrons. The maximum atomic E-state index is 10.9. The number of aldehydes is 1. The van der Waals surface area contributed by atoms with Crippen molar-refractivity contribution in [2.45, 2.75) is 45.4 Å². The van der Waals surface area contributed by atoms with Gasteiger partial charge in [-0.1, -0.05) is 19.8 Å². The van der Waals surface area contributed by atoms with Crippen molar-refractivity contribution in [1.82, 2.24) is 0 Å². The zero-order valence-electron chi connectivity index (χ0n) is 7.14. The van der Waals surface area contributed by atoms with E-state index >= 15 is 0 Å². The van der Waals surface area contributed by atoms with E-state index in [2.05, 4.69) is 6.92 Å². The van der Waals surface area contributed by atoms with E-state index in [0.717, 1.165) is 25.5 Å². The van der Waals surface area contributed by atoms with Crippen molar-refractivity contribution < 1.29 is 9.59 Å². The second-order valence-corrected chi connectivity index (χ2v) is 2.70. The van der Waals surface area contributed by atoms with E-state index in [1.54, 1.807) is 0 Å². The van der Waals surface area contributed by atoms with Crippen LogP contribution in [0.2, 0.25) is 0 Å². The minimum atomic E-state index is 0.227. The third-order valence-corrected chi connectivity index (χ3v) is 1.60. The van der Waals surface area contributed by atoms with E-state index in [9.17, 15) is 9.59 Å². The highest BCUT2D eigenvalue weighted by Gasteiger charge is 1.99. The number of hydrogen-bond donors (Lipinski definition) is 0. The summed E-state index contributed by atoms with van der Waals surface area (Å²) >= 11 is 0. The number of carbonyl (C=O) groups is 2. The van der Waals surface area contributed by atoms with Crippen molar-refractivity contribution >= 4 is 12.1 Å². The summed E-state index contributed by atoms with van der Waals surface area (Å²) < 4.78 is 0. The Morgan fingerprint density at radius 3 is 2.55 bits per heavy atom. The molecule has 0 unspecified atom stereocenters. The number of rotatable bonds is 7. The summed E-state index contributed by atoms with van der Waals surface area (Å²) in [6.45, 7) is 2.11. The maximum absolute atomic E-state index is 10.9. The molecule has 0 bridgehead atoms. The zero-order valence-corrected chi connectivity index (χ0v) is 7.14. The highest BCUT2D eigenvalue weighted by atomic mass is 16.1. The molecule has 0 N–H and O–H groups in total. The van der Waals surface area contributed by atoms with Crippen molar-refractivity contribution in [3.63, 3.8) is 0 Å². The van der Waals surface area contributed by atoms with Crippen molar-refractivity contribution in [2.75, 3.05) is 0 Å². The van der Waals surface area contributed by atoms with Gasteiger partial charge in [0.1, 0.15) is 12.1 Å². The second-order valence-electron chi connectivity index (χ2n) is 2.70. The fraction of sp³-hybridized carbons (Fsp3) is 0.778. The molecule has 0 spiro atoms. The Balaban J connectivity index is 3.15. The SMILES string of the molecule is CCCCCC(=O)CCC=O. The standard InChI is InChI=1S/C9H16O2/c1-2-3-4-6-9(11)7-5-8-10/h8H,2-7H2,1H3. The monoisotopic (exact) mass is 156 g/mol. The second kappa shape index (κ2) is 7.45. The molecule has 0 aromatic carbocycles. The predicted molar refractivity (Wildman–Crippen MR) is 44.4 cm³/mol. The lowest BCUT2D eigenvalue weighted by Crippen LogP contribution is -1.97. The molecular formula is C9H16O2. The van der Waals surface area contributed by atoms with Gasteiger partial charge in [0.2, 0.25) is 0 Å². The van der Waals surface area contributed by atoms with Crippen LogP contribution < -0.4 is 0 Å². The van der Waals surface area contributed by atoms with Crippen molar-refractivity contribution in [3.8, 4) is 0 Å². The zero-order chi connectivity index (χ0) is 8.53. The van der Waals surface area contributed by atoms with Gasteiger partial charge >= 0.3 is 0 Å². The number of hydrogen-bond acceptors (Lipinski definition) is 2. The Morgan fingerprint density at radius 2 is 2.00 bits per heavy atom. The Kier molecular flexibility index (Phi) is 7.00. The summed E-state index contributed by atoms with van der Waals surface area (Å²) in [4.78, 5) is 20.8. The van der Waals surface area contributed by atoms with Gasteiger partial charge in [-0.2, -0.15) is 0 Å². The third-order valence-electron chi connectivity index (χ3n) is 1.60. The van der Waals surface area contributed by atoms with E-state index in [-0.39, 0.29) is 5.78 Å². The average molecular weight is 156 g/mol. The highest BCUT2D eigenvalue weighted by Crippen LogP contribution is 2.02. The van der Waals surface area contributed by atoms with Gasteiger partial charge in [-0.3, -0.25) is 4.79 Å². The lowest BCUT2D eigenvalue weighted by atomic mass is 10.1. The maximum Gasteiger partial charge on any atom is 0.133 e. The molecule has 0 heterocycles. The first-order chi connectivity index (χ1) is 5.31. The van der Waals surface area contributed by atoms with Gasteiger partial charge in [-0.05, 0) is 6.42 Å². The first-order valence-corrected chi connectivity index (χ1v) is 4.26. The lowest BCUT2D eigenvalue weighted by Gasteiger charge is -1.95. The van der Waals surface area contributed by atoms with E-state index in [1.807, 2.05) is 0 Å². The summed E-state index contributed by atoms with van der Waals surface area (Å²) in [5.74, 6) is 0.227. The summed E-state index contributed by atoms with van der Waals surface area (Å²) in [5, 5.41) is 0. The van der Waals surface area contributed by atoms with Crippen LogP contribution >= 0.6 is 0 Å². The topological polar surface area (TPSA) is 34.1 Å². The van der Waals surface area contributed by atoms with Crippen LogP contribution in [-0.4, -0.2) is 12.1 Å². The molecule has 11 heavy (non-hydrogen) atoms. The van der Waals surface area contributed by atoms with E-state index in [0.29, 0.717) is 19.3 Å². The largest absolute Gasteiger partial charge is 0.303 e. The minimum Gasteiger partial charge on any atom is -0.303 e. The normalized spacial score (nSPS) is 9.55. The number of carbonyl (C=O) groups excluding carboxylic acids is 2. The van der Waals surface area contributed by atoms with Gasteiger partial charge in [0.15, 0.2) is 0 Å². The Labute approximate surface area is 68.0 Å². The van der Waals surface area contributed by atoms with E-state index < -0.39 is 0 Å². The molecule has 2 heteroatoms. The molecule has 0 atom stereocenters. The van der Waals surface area contributed by atoms with Crippen LogP contribution in [0.5, 0.6) is 0 Å². The van der Waals surface area contributed by atoms with Crippen molar-refractivity contribution in [1.29, 1.82) is 0 Å². The molecule has 0 aromatic rings. The molecular weight excluding hydrogens is 140 g/mol. The summed E-state index contributed by atoms with van der Waals surface area (Å²) in [6.07, 6.45) is 5.53. The molecule has 0 aliphatic carbocycles. The molecule has 0 aliphatic heterocycles. The van der Waals surface area contributed by atoms with Crippen LogP contribution in [0.4, 0.5) is 0 Å². The van der Waals surface area contributed by atoms with Crippen LogP contribution in [0.15, 0.2) is 0 Å². The van der Waals surface area contributed by atoms with Gasteiger partial charge in [0.25, 0.3) is 0 Å². The minimum absolute atomic E-state index is 0.227. The number of ketones is 1. The molecule has 0 rings (SSSR count). The molecule has 0 aromatic heterocycles.